The van der Waals surface area contributed by atoms with Gasteiger partial charge in [0, 0.05) is 24.7 Å². The minimum Gasteiger partial charge on any atom is -0.302 e. The predicted octanol–water partition coefficient (Wildman–Crippen LogP) is 2.58. The quantitative estimate of drug-likeness (QED) is 0.585. The van der Waals surface area contributed by atoms with Crippen LogP contribution in [0.3, 0.4) is 0 Å². The van der Waals surface area contributed by atoms with E-state index in [1.807, 2.05) is 11.9 Å². The zero-order valence-electron chi connectivity index (χ0n) is 9.73. The first-order valence-corrected chi connectivity index (χ1v) is 5.68. The van der Waals surface area contributed by atoms with Crippen LogP contribution in [0.15, 0.2) is 18.2 Å². The van der Waals surface area contributed by atoms with E-state index < -0.39 is 16.4 Å². The normalized spacial score (nSPS) is 15.2. The Labute approximate surface area is 99.2 Å². The average molecular weight is 238 g/mol. The van der Waals surface area contributed by atoms with Crippen LogP contribution in [0.4, 0.5) is 10.1 Å². The molecule has 0 bridgehead atoms. The fraction of sp³-hybridized carbons (Fsp3) is 0.500. The molecule has 17 heavy (non-hydrogen) atoms. The Morgan fingerprint density at radius 2 is 2.24 bits per heavy atom. The van der Waals surface area contributed by atoms with E-state index in [0.29, 0.717) is 12.1 Å². The number of rotatable bonds is 5. The van der Waals surface area contributed by atoms with Crippen molar-refractivity contribution >= 4 is 5.69 Å². The molecule has 0 atom stereocenters. The van der Waals surface area contributed by atoms with Crippen molar-refractivity contribution in [2.75, 3.05) is 13.6 Å². The first-order valence-electron chi connectivity index (χ1n) is 5.68. The lowest BCUT2D eigenvalue weighted by molar-refractivity contribution is -0.387. The molecule has 1 aliphatic carbocycles. The van der Waals surface area contributed by atoms with Gasteiger partial charge in [-0.25, -0.2) is 0 Å². The van der Waals surface area contributed by atoms with Crippen LogP contribution >= 0.6 is 0 Å². The Balaban J connectivity index is 2.08. The molecule has 0 radical (unpaired) electrons. The van der Waals surface area contributed by atoms with E-state index in [9.17, 15) is 14.5 Å². The first-order chi connectivity index (χ1) is 8.08. The predicted molar refractivity (Wildman–Crippen MR) is 62.1 cm³/mol. The van der Waals surface area contributed by atoms with Gasteiger partial charge < -0.3 is 4.90 Å². The van der Waals surface area contributed by atoms with Crippen LogP contribution in [0.2, 0.25) is 0 Å². The SMILES string of the molecule is CN(Cc1cccc([N+](=O)[O-])c1F)CC1CC1. The molecule has 0 amide bonds. The summed E-state index contributed by atoms with van der Waals surface area (Å²) in [4.78, 5) is 11.9. The molecule has 1 saturated carbocycles. The van der Waals surface area contributed by atoms with Crippen molar-refractivity contribution in [1.29, 1.82) is 0 Å². The summed E-state index contributed by atoms with van der Waals surface area (Å²) < 4.78 is 13.8. The third kappa shape index (κ3) is 3.00. The molecule has 0 aromatic heterocycles. The van der Waals surface area contributed by atoms with Crippen LogP contribution in [0.1, 0.15) is 18.4 Å². The fourth-order valence-electron chi connectivity index (χ4n) is 1.93. The molecule has 0 saturated heterocycles. The van der Waals surface area contributed by atoms with E-state index in [4.69, 9.17) is 0 Å². The van der Waals surface area contributed by atoms with Crippen LogP contribution in [-0.2, 0) is 6.54 Å². The smallest absolute Gasteiger partial charge is 0.302 e. The minimum atomic E-state index is -0.708. The van der Waals surface area contributed by atoms with Gasteiger partial charge in [0.05, 0.1) is 4.92 Å². The van der Waals surface area contributed by atoms with E-state index in [1.165, 1.54) is 25.0 Å². The minimum absolute atomic E-state index is 0.391. The van der Waals surface area contributed by atoms with E-state index in [-0.39, 0.29) is 0 Å². The Bertz CT molecular complexity index is 433. The molecule has 0 N–H and O–H groups in total. The molecule has 2 rings (SSSR count). The lowest BCUT2D eigenvalue weighted by Gasteiger charge is -2.16. The van der Waals surface area contributed by atoms with Gasteiger partial charge in [0.15, 0.2) is 0 Å². The highest BCUT2D eigenvalue weighted by Gasteiger charge is 2.24. The molecule has 0 spiro atoms. The fourth-order valence-corrected chi connectivity index (χ4v) is 1.93. The van der Waals surface area contributed by atoms with Crippen molar-refractivity contribution in [1.82, 2.24) is 4.90 Å². The standard InChI is InChI=1S/C12H15FN2O2/c1-14(7-9-5-6-9)8-10-3-2-4-11(12(10)13)15(16)17/h2-4,9H,5-8H2,1H3. The lowest BCUT2D eigenvalue weighted by atomic mass is 10.1. The van der Waals surface area contributed by atoms with Crippen LogP contribution < -0.4 is 0 Å². The molecule has 4 nitrogen and oxygen atoms in total. The summed E-state index contributed by atoms with van der Waals surface area (Å²) in [6.07, 6.45) is 2.48. The molecule has 1 aliphatic rings. The monoisotopic (exact) mass is 238 g/mol. The summed E-state index contributed by atoms with van der Waals surface area (Å²) in [6, 6.07) is 4.33. The van der Waals surface area contributed by atoms with Crippen molar-refractivity contribution in [3.63, 3.8) is 0 Å². The number of nitrogens with zero attached hydrogens (tertiary/aromatic N) is 2. The molecule has 1 aromatic rings. The highest BCUT2D eigenvalue weighted by molar-refractivity contribution is 5.36. The van der Waals surface area contributed by atoms with Crippen LogP contribution in [0.25, 0.3) is 0 Å². The van der Waals surface area contributed by atoms with Gasteiger partial charge in [0.25, 0.3) is 0 Å². The van der Waals surface area contributed by atoms with E-state index >= 15 is 0 Å². The van der Waals surface area contributed by atoms with Crippen molar-refractivity contribution < 1.29 is 9.31 Å². The van der Waals surface area contributed by atoms with Crippen molar-refractivity contribution in [3.8, 4) is 0 Å². The lowest BCUT2D eigenvalue weighted by Crippen LogP contribution is -2.21. The largest absolute Gasteiger partial charge is 0.305 e. The number of hydrogen-bond donors (Lipinski definition) is 0. The summed E-state index contributed by atoms with van der Waals surface area (Å²) in [5, 5.41) is 10.6. The highest BCUT2D eigenvalue weighted by Crippen LogP contribution is 2.30. The van der Waals surface area contributed by atoms with Gasteiger partial charge in [0.2, 0.25) is 5.82 Å². The number of benzene rings is 1. The number of halogens is 1. The maximum atomic E-state index is 13.8. The Hall–Kier alpha value is -1.49. The first kappa shape index (κ1) is 12.0. The van der Waals surface area contributed by atoms with Gasteiger partial charge >= 0.3 is 5.69 Å². The van der Waals surface area contributed by atoms with Crippen molar-refractivity contribution in [3.05, 3.63) is 39.7 Å². The molecule has 1 aromatic carbocycles. The zero-order valence-corrected chi connectivity index (χ0v) is 9.73. The average Bonchev–Trinajstić information content (AvgIpc) is 3.04. The molecule has 1 fully saturated rings. The molecule has 0 aliphatic heterocycles. The molecular formula is C12H15FN2O2. The third-order valence-electron chi connectivity index (χ3n) is 2.96. The van der Waals surface area contributed by atoms with Gasteiger partial charge in [0.1, 0.15) is 0 Å². The van der Waals surface area contributed by atoms with Gasteiger partial charge in [-0.15, -0.1) is 0 Å². The Morgan fingerprint density at radius 1 is 1.53 bits per heavy atom. The molecule has 0 unspecified atom stereocenters. The summed E-state index contributed by atoms with van der Waals surface area (Å²) in [7, 11) is 1.91. The third-order valence-corrected chi connectivity index (χ3v) is 2.96. The number of hydrogen-bond acceptors (Lipinski definition) is 3. The van der Waals surface area contributed by atoms with Crippen LogP contribution in [0.5, 0.6) is 0 Å². The van der Waals surface area contributed by atoms with Gasteiger partial charge in [-0.05, 0) is 25.8 Å². The Morgan fingerprint density at radius 3 is 2.82 bits per heavy atom. The second kappa shape index (κ2) is 4.79. The molecule has 0 heterocycles. The Kier molecular flexibility index (Phi) is 3.38. The van der Waals surface area contributed by atoms with Crippen LogP contribution in [-0.4, -0.2) is 23.4 Å². The molecule has 92 valence electrons. The summed E-state index contributed by atoms with van der Waals surface area (Å²) >= 11 is 0. The van der Waals surface area contributed by atoms with Crippen LogP contribution in [0, 0.1) is 21.8 Å². The maximum Gasteiger partial charge on any atom is 0.305 e. The molecule has 5 heteroatoms. The van der Waals surface area contributed by atoms with Crippen molar-refractivity contribution in [2.24, 2.45) is 5.92 Å². The topological polar surface area (TPSA) is 46.4 Å². The summed E-state index contributed by atoms with van der Waals surface area (Å²) in [6.45, 7) is 1.35. The van der Waals surface area contributed by atoms with Crippen molar-refractivity contribution in [2.45, 2.75) is 19.4 Å². The molecular weight excluding hydrogens is 223 g/mol. The number of nitro groups is 1. The summed E-state index contributed by atoms with van der Waals surface area (Å²) in [5.41, 5.74) is -0.0512. The van der Waals surface area contributed by atoms with E-state index in [1.54, 1.807) is 6.07 Å². The highest BCUT2D eigenvalue weighted by atomic mass is 19.1. The summed E-state index contributed by atoms with van der Waals surface area (Å²) in [5.74, 6) is 0.0157. The zero-order chi connectivity index (χ0) is 12.4. The maximum absolute atomic E-state index is 13.8. The second-order valence-corrected chi connectivity index (χ2v) is 4.65. The number of nitro benzene ring substituents is 1. The van der Waals surface area contributed by atoms with E-state index in [0.717, 1.165) is 12.5 Å². The van der Waals surface area contributed by atoms with Gasteiger partial charge in [-0.1, -0.05) is 12.1 Å². The van der Waals surface area contributed by atoms with E-state index in [2.05, 4.69) is 0 Å². The second-order valence-electron chi connectivity index (χ2n) is 4.65. The van der Waals surface area contributed by atoms with Gasteiger partial charge in [-0.3, -0.25) is 10.1 Å². The van der Waals surface area contributed by atoms with Gasteiger partial charge in [-0.2, -0.15) is 4.39 Å².